The number of aryl methyl sites for hydroxylation is 1. The number of carbonyl (C=O) groups is 1. The van der Waals surface area contributed by atoms with Gasteiger partial charge in [-0.3, -0.25) is 10.6 Å². The molecular weight excluding hydrogens is 220 g/mol. The lowest BCUT2D eigenvalue weighted by Crippen LogP contribution is -2.57. The number of carboxylic acids is 1. The Morgan fingerprint density at radius 1 is 1.47 bits per heavy atom. The van der Waals surface area contributed by atoms with Crippen molar-refractivity contribution in [1.82, 2.24) is 5.43 Å². The molecule has 0 aliphatic rings. The highest BCUT2D eigenvalue weighted by atomic mass is 16.4. The van der Waals surface area contributed by atoms with E-state index in [4.69, 9.17) is 10.9 Å². The first kappa shape index (κ1) is 13.6. The van der Waals surface area contributed by atoms with Gasteiger partial charge in [0.1, 0.15) is 6.10 Å². The van der Waals surface area contributed by atoms with Crippen LogP contribution in [0.5, 0.6) is 0 Å². The van der Waals surface area contributed by atoms with Gasteiger partial charge in [-0.25, -0.2) is 5.43 Å². The molecule has 94 valence electrons. The molecule has 0 radical (unpaired) electrons. The lowest BCUT2D eigenvalue weighted by Gasteiger charge is -2.29. The number of carboxylic acid groups (broad SMARTS) is 1. The number of nitrogens with two attached hydrogens (primary N) is 1. The van der Waals surface area contributed by atoms with E-state index in [1.54, 1.807) is 12.1 Å². The minimum absolute atomic E-state index is 0.519. The van der Waals surface area contributed by atoms with Gasteiger partial charge in [0.25, 0.3) is 0 Å². The molecule has 0 spiro atoms. The summed E-state index contributed by atoms with van der Waals surface area (Å²) < 4.78 is 0. The largest absolute Gasteiger partial charge is 0.480 e. The Morgan fingerprint density at radius 3 is 2.35 bits per heavy atom. The Hall–Kier alpha value is -1.43. The van der Waals surface area contributed by atoms with Crippen molar-refractivity contribution in [3.63, 3.8) is 0 Å². The van der Waals surface area contributed by atoms with E-state index in [0.717, 1.165) is 12.0 Å². The van der Waals surface area contributed by atoms with Crippen molar-refractivity contribution in [1.29, 1.82) is 0 Å². The zero-order valence-corrected chi connectivity index (χ0v) is 9.97. The van der Waals surface area contributed by atoms with Crippen LogP contribution in [0.15, 0.2) is 24.3 Å². The van der Waals surface area contributed by atoms with E-state index in [0.29, 0.717) is 5.56 Å². The van der Waals surface area contributed by atoms with Crippen molar-refractivity contribution in [3.05, 3.63) is 35.4 Å². The third-order valence-corrected chi connectivity index (χ3v) is 2.99. The highest BCUT2D eigenvalue weighted by Gasteiger charge is 2.40. The van der Waals surface area contributed by atoms with Gasteiger partial charge in [-0.2, -0.15) is 0 Å². The summed E-state index contributed by atoms with van der Waals surface area (Å²) in [6.07, 6.45) is -0.322. The molecule has 2 atom stereocenters. The Kier molecular flexibility index (Phi) is 4.22. The average molecular weight is 238 g/mol. The molecule has 1 rings (SSSR count). The summed E-state index contributed by atoms with van der Waals surface area (Å²) in [6.45, 7) is 3.36. The van der Waals surface area contributed by atoms with E-state index in [2.05, 4.69) is 5.43 Å². The number of benzene rings is 1. The van der Waals surface area contributed by atoms with Gasteiger partial charge in [-0.15, -0.1) is 0 Å². The number of hydrogen-bond donors (Lipinski definition) is 4. The van der Waals surface area contributed by atoms with Gasteiger partial charge in [-0.05, 0) is 24.5 Å². The van der Waals surface area contributed by atoms with E-state index in [-0.39, 0.29) is 0 Å². The van der Waals surface area contributed by atoms with Crippen molar-refractivity contribution in [2.75, 3.05) is 0 Å². The van der Waals surface area contributed by atoms with Crippen molar-refractivity contribution < 1.29 is 15.0 Å². The molecule has 5 heteroatoms. The smallest absolute Gasteiger partial charge is 0.328 e. The Morgan fingerprint density at radius 2 is 2.00 bits per heavy atom. The van der Waals surface area contributed by atoms with E-state index in [9.17, 15) is 9.90 Å². The van der Waals surface area contributed by atoms with E-state index >= 15 is 0 Å². The third kappa shape index (κ3) is 2.63. The molecule has 0 aliphatic heterocycles. The third-order valence-electron chi connectivity index (χ3n) is 2.99. The number of nitrogens with one attached hydrogen (secondary N) is 1. The standard InChI is InChI=1S/C12H18N2O3/c1-3-8-4-6-9(7-5-8)10(15)12(2,14-13)11(16)17/h4-7,10,14-15H,3,13H2,1-2H3,(H,16,17). The molecule has 5 N–H and O–H groups in total. The predicted octanol–water partition coefficient (Wildman–Crippen LogP) is 0.589. The highest BCUT2D eigenvalue weighted by Crippen LogP contribution is 2.25. The van der Waals surface area contributed by atoms with E-state index < -0.39 is 17.6 Å². The number of aliphatic carboxylic acids is 1. The van der Waals surface area contributed by atoms with E-state index in [1.165, 1.54) is 6.92 Å². The summed E-state index contributed by atoms with van der Waals surface area (Å²) in [5.74, 6) is 4.01. The Bertz CT molecular complexity index is 391. The van der Waals surface area contributed by atoms with Crippen LogP contribution in [0.4, 0.5) is 0 Å². The normalized spacial score (nSPS) is 16.2. The highest BCUT2D eigenvalue weighted by molar-refractivity contribution is 5.79. The van der Waals surface area contributed by atoms with Crippen LogP contribution in [0.1, 0.15) is 31.1 Å². The first-order chi connectivity index (χ1) is 7.95. The first-order valence-corrected chi connectivity index (χ1v) is 5.43. The lowest BCUT2D eigenvalue weighted by atomic mass is 9.89. The number of hydrogen-bond acceptors (Lipinski definition) is 4. The monoisotopic (exact) mass is 238 g/mol. The fourth-order valence-corrected chi connectivity index (χ4v) is 1.53. The van der Waals surface area contributed by atoms with Gasteiger partial charge in [0.15, 0.2) is 5.54 Å². The van der Waals surface area contributed by atoms with Crippen LogP contribution < -0.4 is 11.3 Å². The minimum atomic E-state index is -1.60. The fourth-order valence-electron chi connectivity index (χ4n) is 1.53. The quantitative estimate of drug-likeness (QED) is 0.445. The summed E-state index contributed by atoms with van der Waals surface area (Å²) in [4.78, 5) is 11.1. The van der Waals surface area contributed by atoms with Crippen LogP contribution in [0.25, 0.3) is 0 Å². The van der Waals surface area contributed by atoms with Gasteiger partial charge < -0.3 is 10.2 Å². The second-order valence-electron chi connectivity index (χ2n) is 4.15. The second-order valence-corrected chi connectivity index (χ2v) is 4.15. The number of aliphatic hydroxyl groups excluding tert-OH is 1. The molecule has 17 heavy (non-hydrogen) atoms. The number of rotatable bonds is 5. The summed E-state index contributed by atoms with van der Waals surface area (Å²) in [5.41, 5.74) is 2.19. The van der Waals surface area contributed by atoms with Crippen molar-refractivity contribution >= 4 is 5.97 Å². The molecule has 0 bridgehead atoms. The van der Waals surface area contributed by atoms with Gasteiger partial charge in [-0.1, -0.05) is 31.2 Å². The molecular formula is C12H18N2O3. The second kappa shape index (κ2) is 5.27. The molecule has 1 aromatic carbocycles. The molecule has 0 heterocycles. The zero-order chi connectivity index (χ0) is 13.1. The van der Waals surface area contributed by atoms with Gasteiger partial charge in [0.05, 0.1) is 0 Å². The van der Waals surface area contributed by atoms with Gasteiger partial charge >= 0.3 is 5.97 Å². The lowest BCUT2D eigenvalue weighted by molar-refractivity contribution is -0.149. The molecule has 0 aliphatic carbocycles. The van der Waals surface area contributed by atoms with Crippen LogP contribution in [0.2, 0.25) is 0 Å². The summed E-state index contributed by atoms with van der Waals surface area (Å²) in [7, 11) is 0. The molecule has 5 nitrogen and oxygen atoms in total. The first-order valence-electron chi connectivity index (χ1n) is 5.43. The fraction of sp³-hybridized carbons (Fsp3) is 0.417. The van der Waals surface area contributed by atoms with Crippen LogP contribution in [0, 0.1) is 0 Å². The summed E-state index contributed by atoms with van der Waals surface area (Å²) >= 11 is 0. The molecule has 0 saturated heterocycles. The SMILES string of the molecule is CCc1ccc(C(O)C(C)(NN)C(=O)O)cc1. The molecule has 2 unspecified atom stereocenters. The zero-order valence-electron chi connectivity index (χ0n) is 9.97. The summed E-state index contributed by atoms with van der Waals surface area (Å²) in [5, 5.41) is 19.1. The molecule has 0 amide bonds. The van der Waals surface area contributed by atoms with Crippen molar-refractivity contribution in [2.45, 2.75) is 31.9 Å². The molecule has 0 saturated carbocycles. The Labute approximate surface area is 100 Å². The predicted molar refractivity (Wildman–Crippen MR) is 64.1 cm³/mol. The van der Waals surface area contributed by atoms with Crippen LogP contribution in [-0.2, 0) is 11.2 Å². The topological polar surface area (TPSA) is 95.6 Å². The van der Waals surface area contributed by atoms with E-state index in [1.807, 2.05) is 19.1 Å². The maximum Gasteiger partial charge on any atom is 0.328 e. The number of aliphatic hydroxyl groups is 1. The maximum absolute atomic E-state index is 11.1. The molecule has 1 aromatic rings. The maximum atomic E-state index is 11.1. The van der Waals surface area contributed by atoms with Crippen molar-refractivity contribution in [2.24, 2.45) is 5.84 Å². The number of hydrazine groups is 1. The van der Waals surface area contributed by atoms with Gasteiger partial charge in [0, 0.05) is 0 Å². The minimum Gasteiger partial charge on any atom is -0.480 e. The van der Waals surface area contributed by atoms with Gasteiger partial charge in [0.2, 0.25) is 0 Å². The molecule has 0 aromatic heterocycles. The summed E-state index contributed by atoms with van der Waals surface area (Å²) in [6, 6.07) is 7.14. The van der Waals surface area contributed by atoms with Crippen LogP contribution >= 0.6 is 0 Å². The molecule has 0 fully saturated rings. The average Bonchev–Trinajstić information content (AvgIpc) is 2.36. The van der Waals surface area contributed by atoms with Crippen LogP contribution in [0.3, 0.4) is 0 Å². The van der Waals surface area contributed by atoms with Crippen molar-refractivity contribution in [3.8, 4) is 0 Å². The van der Waals surface area contributed by atoms with Crippen LogP contribution in [-0.4, -0.2) is 21.7 Å². The Balaban J connectivity index is 3.01.